The monoisotopic (exact) mass is 281 g/mol. The van der Waals surface area contributed by atoms with Gasteiger partial charge in [0, 0.05) is 18.7 Å². The third-order valence-corrected chi connectivity index (χ3v) is 1.93. The molecular weight excluding hydrogens is 262 g/mol. The summed E-state index contributed by atoms with van der Waals surface area (Å²) in [5.41, 5.74) is 1.80. The second kappa shape index (κ2) is 8.63. The van der Waals surface area contributed by atoms with Crippen LogP contribution in [0.15, 0.2) is 18.3 Å². The van der Waals surface area contributed by atoms with Crippen LogP contribution in [0.5, 0.6) is 0 Å². The van der Waals surface area contributed by atoms with Crippen LogP contribution in [0.3, 0.4) is 0 Å². The normalized spacial score (nSPS) is 8.85. The third-order valence-electron chi connectivity index (χ3n) is 1.93. The van der Waals surface area contributed by atoms with Crippen molar-refractivity contribution in [3.05, 3.63) is 29.7 Å². The molecule has 2 rings (SSSR count). The van der Waals surface area contributed by atoms with Crippen molar-refractivity contribution in [3.8, 4) is 0 Å². The second-order valence-corrected chi connectivity index (χ2v) is 3.39. The van der Waals surface area contributed by atoms with Crippen LogP contribution < -0.4 is 0 Å². The number of carbonyl (C=O) groups is 2. The highest BCUT2D eigenvalue weighted by Gasteiger charge is 2.10. The zero-order chi connectivity index (χ0) is 15.7. The summed E-state index contributed by atoms with van der Waals surface area (Å²) in [7, 11) is 1.33. The van der Waals surface area contributed by atoms with Crippen LogP contribution in [-0.4, -0.2) is 38.8 Å². The fraction of sp³-hybridized carbons (Fsp3) is 0.385. The lowest BCUT2D eigenvalue weighted by atomic mass is 10.3. The van der Waals surface area contributed by atoms with Gasteiger partial charge in [-0.3, -0.25) is 4.79 Å². The van der Waals surface area contributed by atoms with Crippen LogP contribution in [0.2, 0.25) is 0 Å². The third kappa shape index (κ3) is 5.05. The van der Waals surface area contributed by atoms with Crippen molar-refractivity contribution < 1.29 is 19.4 Å². The van der Waals surface area contributed by atoms with Gasteiger partial charge in [-0.25, -0.2) is 14.3 Å². The maximum absolute atomic E-state index is 11.2. The summed E-state index contributed by atoms with van der Waals surface area (Å²) in [6, 6.07) is 3.38. The Hall–Kier alpha value is -2.44. The predicted octanol–water partition coefficient (Wildman–Crippen LogP) is 1.94. The first-order valence-corrected chi connectivity index (χ1v) is 6.05. The van der Waals surface area contributed by atoms with Gasteiger partial charge in [-0.1, -0.05) is 13.8 Å². The van der Waals surface area contributed by atoms with Crippen LogP contribution in [0.4, 0.5) is 0 Å². The molecule has 0 aliphatic rings. The Balaban J connectivity index is 0.000000521. The lowest BCUT2D eigenvalue weighted by Crippen LogP contribution is -2.07. The maximum atomic E-state index is 11.2. The van der Waals surface area contributed by atoms with Gasteiger partial charge >= 0.3 is 5.97 Å². The number of rotatable bonds is 1. The van der Waals surface area contributed by atoms with Gasteiger partial charge in [0.2, 0.25) is 0 Å². The number of nitrogens with zero attached hydrogens (tertiary/aromatic N) is 3. The highest BCUT2D eigenvalue weighted by atomic mass is 16.5. The number of hydrogen-bond acceptors (Lipinski definition) is 5. The Bertz CT molecular complexity index is 574. The number of methoxy groups -OCH3 is 1. The molecule has 0 atom stereocenters. The van der Waals surface area contributed by atoms with E-state index in [-0.39, 0.29) is 0 Å². The Morgan fingerprint density at radius 2 is 1.90 bits per heavy atom. The molecule has 2 aromatic rings. The minimum absolute atomic E-state index is 0.304. The smallest absolute Gasteiger partial charge is 0.356 e. The van der Waals surface area contributed by atoms with Gasteiger partial charge in [0.15, 0.2) is 11.3 Å². The molecular formula is C13H19N3O4. The SMILES string of the molecule is CC.CC(=O)O.COC(=O)c1cc(C)n2nccc2n1. The van der Waals surface area contributed by atoms with Crippen LogP contribution in [0, 0.1) is 6.92 Å². The summed E-state index contributed by atoms with van der Waals surface area (Å²) in [6.45, 7) is 6.94. The van der Waals surface area contributed by atoms with Crippen molar-refractivity contribution in [2.45, 2.75) is 27.7 Å². The number of hydrogen-bond donors (Lipinski definition) is 1. The zero-order valence-corrected chi connectivity index (χ0v) is 12.2. The van der Waals surface area contributed by atoms with Crippen LogP contribution >= 0.6 is 0 Å². The van der Waals surface area contributed by atoms with E-state index in [2.05, 4.69) is 14.8 Å². The van der Waals surface area contributed by atoms with Crippen molar-refractivity contribution in [2.24, 2.45) is 0 Å². The van der Waals surface area contributed by atoms with Crippen molar-refractivity contribution in [1.29, 1.82) is 0 Å². The Labute approximate surface area is 117 Å². The molecule has 2 aromatic heterocycles. The molecule has 110 valence electrons. The summed E-state index contributed by atoms with van der Waals surface area (Å²) < 4.78 is 6.24. The molecule has 0 aromatic carbocycles. The van der Waals surface area contributed by atoms with Gasteiger partial charge in [-0.2, -0.15) is 5.10 Å². The molecule has 1 N–H and O–H groups in total. The molecule has 0 fully saturated rings. The quantitative estimate of drug-likeness (QED) is 0.803. The van der Waals surface area contributed by atoms with E-state index in [4.69, 9.17) is 9.90 Å². The molecule has 0 saturated heterocycles. The Morgan fingerprint density at radius 3 is 2.40 bits per heavy atom. The van der Waals surface area contributed by atoms with Gasteiger partial charge < -0.3 is 9.84 Å². The van der Waals surface area contributed by atoms with E-state index < -0.39 is 11.9 Å². The van der Waals surface area contributed by atoms with Gasteiger partial charge in [0.1, 0.15) is 0 Å². The largest absolute Gasteiger partial charge is 0.481 e. The fourth-order valence-electron chi connectivity index (χ4n) is 1.28. The van der Waals surface area contributed by atoms with Gasteiger partial charge in [0.25, 0.3) is 5.97 Å². The van der Waals surface area contributed by atoms with E-state index in [1.165, 1.54) is 7.11 Å². The topological polar surface area (TPSA) is 93.8 Å². The summed E-state index contributed by atoms with van der Waals surface area (Å²) in [5, 5.41) is 11.5. The molecule has 20 heavy (non-hydrogen) atoms. The fourth-order valence-corrected chi connectivity index (χ4v) is 1.28. The average molecular weight is 281 g/mol. The molecule has 0 aliphatic heterocycles. The van der Waals surface area contributed by atoms with E-state index >= 15 is 0 Å². The first kappa shape index (κ1) is 17.6. The lowest BCUT2D eigenvalue weighted by molar-refractivity contribution is -0.134. The van der Waals surface area contributed by atoms with Crippen molar-refractivity contribution >= 4 is 17.6 Å². The summed E-state index contributed by atoms with van der Waals surface area (Å²) in [6.07, 6.45) is 1.64. The number of aromatic nitrogens is 3. The molecule has 7 heteroatoms. The van der Waals surface area contributed by atoms with Gasteiger partial charge in [0.05, 0.1) is 13.3 Å². The van der Waals surface area contributed by atoms with Gasteiger partial charge in [-0.05, 0) is 13.0 Å². The first-order valence-electron chi connectivity index (χ1n) is 6.05. The number of carboxylic acid groups (broad SMARTS) is 1. The molecule has 7 nitrogen and oxygen atoms in total. The number of aryl methyl sites for hydroxylation is 1. The van der Waals surface area contributed by atoms with E-state index in [1.54, 1.807) is 22.8 Å². The number of ether oxygens (including phenoxy) is 1. The average Bonchev–Trinajstić information content (AvgIpc) is 2.88. The number of carboxylic acids is 1. The number of aliphatic carboxylic acids is 1. The van der Waals surface area contributed by atoms with Gasteiger partial charge in [-0.15, -0.1) is 0 Å². The molecule has 0 saturated carbocycles. The van der Waals surface area contributed by atoms with E-state index in [9.17, 15) is 4.79 Å². The van der Waals surface area contributed by atoms with Crippen molar-refractivity contribution in [1.82, 2.24) is 14.6 Å². The van der Waals surface area contributed by atoms with E-state index in [0.29, 0.717) is 11.3 Å². The Kier molecular flexibility index (Phi) is 7.57. The highest BCUT2D eigenvalue weighted by molar-refractivity contribution is 5.87. The highest BCUT2D eigenvalue weighted by Crippen LogP contribution is 2.06. The molecule has 0 aliphatic carbocycles. The number of fused-ring (bicyclic) bond motifs is 1. The second-order valence-electron chi connectivity index (χ2n) is 3.39. The molecule has 2 heterocycles. The molecule has 0 radical (unpaired) electrons. The number of carbonyl (C=O) groups excluding carboxylic acids is 1. The van der Waals surface area contributed by atoms with E-state index in [0.717, 1.165) is 12.6 Å². The van der Waals surface area contributed by atoms with Crippen LogP contribution in [-0.2, 0) is 9.53 Å². The summed E-state index contributed by atoms with van der Waals surface area (Å²) >= 11 is 0. The van der Waals surface area contributed by atoms with Crippen molar-refractivity contribution in [2.75, 3.05) is 7.11 Å². The zero-order valence-electron chi connectivity index (χ0n) is 12.2. The Morgan fingerprint density at radius 1 is 1.35 bits per heavy atom. The standard InChI is InChI=1S/C9H9N3O2.C2H4O2.C2H6/c1-6-5-7(9(13)14-2)11-8-3-4-10-12(6)8;1-2(3)4;1-2/h3-5H,1-2H3;1H3,(H,3,4);1-2H3. The predicted molar refractivity (Wildman–Crippen MR) is 73.7 cm³/mol. The molecule has 0 unspecified atom stereocenters. The minimum atomic E-state index is -0.833. The molecule has 0 spiro atoms. The summed E-state index contributed by atoms with van der Waals surface area (Å²) in [4.78, 5) is 24.3. The van der Waals surface area contributed by atoms with Crippen LogP contribution in [0.1, 0.15) is 37.0 Å². The van der Waals surface area contributed by atoms with Crippen molar-refractivity contribution in [3.63, 3.8) is 0 Å². The molecule has 0 amide bonds. The lowest BCUT2D eigenvalue weighted by Gasteiger charge is -2.02. The number of esters is 1. The summed E-state index contributed by atoms with van der Waals surface area (Å²) in [5.74, 6) is -1.27. The maximum Gasteiger partial charge on any atom is 0.356 e. The molecule has 0 bridgehead atoms. The van der Waals surface area contributed by atoms with Crippen LogP contribution in [0.25, 0.3) is 5.65 Å². The first-order chi connectivity index (χ1) is 9.45. The van der Waals surface area contributed by atoms with E-state index in [1.807, 2.05) is 20.8 Å². The minimum Gasteiger partial charge on any atom is -0.481 e.